The summed E-state index contributed by atoms with van der Waals surface area (Å²) in [5, 5.41) is 0. The number of ether oxygens (including phenoxy) is 1. The Labute approximate surface area is 135 Å². The van der Waals surface area contributed by atoms with Crippen LogP contribution in [0.4, 0.5) is 0 Å². The molecule has 1 aromatic carbocycles. The number of nitrogens with zero attached hydrogens (tertiary/aromatic N) is 1. The Morgan fingerprint density at radius 3 is 2.39 bits per heavy atom. The van der Waals surface area contributed by atoms with Gasteiger partial charge in [0.2, 0.25) is 5.91 Å². The summed E-state index contributed by atoms with van der Waals surface area (Å²) in [5.41, 5.74) is 0.577. The summed E-state index contributed by atoms with van der Waals surface area (Å²) in [6, 6.07) is 6.79. The van der Waals surface area contributed by atoms with Crippen LogP contribution in [-0.4, -0.2) is 35.1 Å². The van der Waals surface area contributed by atoms with E-state index < -0.39 is 5.92 Å². The van der Waals surface area contributed by atoms with E-state index in [1.807, 2.05) is 4.90 Å². The third-order valence-corrected chi connectivity index (χ3v) is 4.74. The molecular weight excluding hydrogens is 294 g/mol. The molecule has 1 atom stereocenters. The fourth-order valence-corrected chi connectivity index (χ4v) is 3.42. The number of hydrogen-bond acceptors (Lipinski definition) is 4. The first-order valence-electron chi connectivity index (χ1n) is 8.17. The smallest absolute Gasteiger partial charge is 0.316 e. The highest BCUT2D eigenvalue weighted by molar-refractivity contribution is 5.94. The van der Waals surface area contributed by atoms with E-state index in [4.69, 9.17) is 4.74 Å². The van der Waals surface area contributed by atoms with Gasteiger partial charge in [0.15, 0.2) is 5.78 Å². The summed E-state index contributed by atoms with van der Waals surface area (Å²) in [6.45, 7) is 1.95. The highest BCUT2D eigenvalue weighted by Crippen LogP contribution is 2.30. The molecule has 2 fully saturated rings. The Bertz CT molecular complexity index is 616. The largest absolute Gasteiger partial charge is 0.426 e. The Balaban J connectivity index is 1.60. The monoisotopic (exact) mass is 315 g/mol. The van der Waals surface area contributed by atoms with E-state index in [0.29, 0.717) is 23.9 Å². The average molecular weight is 315 g/mol. The van der Waals surface area contributed by atoms with Crippen molar-refractivity contribution < 1.29 is 19.1 Å². The zero-order valence-corrected chi connectivity index (χ0v) is 13.3. The Hall–Kier alpha value is -2.17. The van der Waals surface area contributed by atoms with Crippen molar-refractivity contribution in [3.05, 3.63) is 29.8 Å². The molecule has 0 aromatic heterocycles. The van der Waals surface area contributed by atoms with Crippen LogP contribution < -0.4 is 4.74 Å². The first-order valence-corrected chi connectivity index (χ1v) is 8.17. The fraction of sp³-hybridized carbons (Fsp3) is 0.500. The lowest BCUT2D eigenvalue weighted by atomic mass is 10.1. The number of esters is 1. The number of rotatable bonds is 4. The van der Waals surface area contributed by atoms with Crippen LogP contribution in [0, 0.1) is 5.92 Å². The lowest BCUT2D eigenvalue weighted by Crippen LogP contribution is -2.35. The van der Waals surface area contributed by atoms with Gasteiger partial charge in [-0.3, -0.25) is 14.4 Å². The molecule has 0 bridgehead atoms. The summed E-state index contributed by atoms with van der Waals surface area (Å²) >= 11 is 0. The third kappa shape index (κ3) is 3.44. The summed E-state index contributed by atoms with van der Waals surface area (Å²) in [5.74, 6) is -0.320. The number of amides is 1. The third-order valence-electron chi connectivity index (χ3n) is 4.74. The number of Topliss-reactive ketones (excluding diaryl/α,β-unsaturated/α-hetero) is 1. The quantitative estimate of drug-likeness (QED) is 0.487. The van der Waals surface area contributed by atoms with E-state index in [2.05, 4.69) is 0 Å². The number of likely N-dealkylation sites (tertiary alicyclic amines) is 1. The molecule has 5 heteroatoms. The van der Waals surface area contributed by atoms with Crippen LogP contribution in [0.15, 0.2) is 24.3 Å². The van der Waals surface area contributed by atoms with Crippen LogP contribution in [0.2, 0.25) is 0 Å². The Morgan fingerprint density at radius 1 is 1.13 bits per heavy atom. The number of carbonyl (C=O) groups excluding carboxylic acids is 3. The van der Waals surface area contributed by atoms with Gasteiger partial charge in [0.05, 0.1) is 5.92 Å². The summed E-state index contributed by atoms with van der Waals surface area (Å²) in [7, 11) is 0. The van der Waals surface area contributed by atoms with Gasteiger partial charge in [-0.2, -0.15) is 0 Å². The molecule has 1 aliphatic carbocycles. The summed E-state index contributed by atoms with van der Waals surface area (Å²) in [6.07, 6.45) is 4.64. The molecule has 1 aromatic rings. The maximum Gasteiger partial charge on any atom is 0.316 e. The van der Waals surface area contributed by atoms with Gasteiger partial charge in [-0.05, 0) is 44.0 Å². The van der Waals surface area contributed by atoms with Crippen molar-refractivity contribution in [1.29, 1.82) is 0 Å². The van der Waals surface area contributed by atoms with E-state index in [0.717, 1.165) is 25.7 Å². The Morgan fingerprint density at radius 2 is 1.78 bits per heavy atom. The van der Waals surface area contributed by atoms with E-state index in [1.54, 1.807) is 24.3 Å². The molecule has 1 aliphatic heterocycles. The van der Waals surface area contributed by atoms with E-state index in [1.165, 1.54) is 6.92 Å². The second-order valence-electron chi connectivity index (χ2n) is 6.39. The molecular formula is C18H21NO4. The first kappa shape index (κ1) is 15.7. The zero-order valence-electron chi connectivity index (χ0n) is 13.3. The predicted octanol–water partition coefficient (Wildman–Crippen LogP) is 2.59. The fourth-order valence-electron chi connectivity index (χ4n) is 3.42. The number of carbonyl (C=O) groups is 3. The van der Waals surface area contributed by atoms with Gasteiger partial charge in [-0.15, -0.1) is 0 Å². The average Bonchev–Trinajstić information content (AvgIpc) is 3.16. The molecule has 0 spiro atoms. The van der Waals surface area contributed by atoms with Crippen molar-refractivity contribution in [1.82, 2.24) is 4.90 Å². The minimum absolute atomic E-state index is 0.0310. The maximum atomic E-state index is 12.3. The van der Waals surface area contributed by atoms with Crippen LogP contribution in [-0.2, 0) is 9.59 Å². The van der Waals surface area contributed by atoms with Gasteiger partial charge in [-0.1, -0.05) is 12.8 Å². The topological polar surface area (TPSA) is 63.7 Å². The minimum atomic E-state index is -0.393. The number of hydrogen-bond donors (Lipinski definition) is 0. The molecule has 1 unspecified atom stereocenters. The Kier molecular flexibility index (Phi) is 4.46. The standard InChI is InChI=1S/C18H21NO4/c1-12(20)13-6-8-16(9-7-13)23-18(22)14-10-17(21)19(11-14)15-4-2-3-5-15/h6-9,14-15H,2-5,10-11H2,1H3. The van der Waals surface area contributed by atoms with Crippen LogP contribution in [0.25, 0.3) is 0 Å². The van der Waals surface area contributed by atoms with Crippen molar-refractivity contribution in [3.63, 3.8) is 0 Å². The van der Waals surface area contributed by atoms with Gasteiger partial charge in [0.1, 0.15) is 5.75 Å². The molecule has 122 valence electrons. The van der Waals surface area contributed by atoms with Crippen molar-refractivity contribution in [3.8, 4) is 5.75 Å². The van der Waals surface area contributed by atoms with E-state index >= 15 is 0 Å². The van der Waals surface area contributed by atoms with Crippen LogP contribution in [0.1, 0.15) is 49.4 Å². The zero-order chi connectivity index (χ0) is 16.4. The second kappa shape index (κ2) is 6.52. The lowest BCUT2D eigenvalue weighted by Gasteiger charge is -2.23. The number of ketones is 1. The molecule has 0 N–H and O–H groups in total. The molecule has 1 amide bonds. The lowest BCUT2D eigenvalue weighted by molar-refractivity contribution is -0.139. The van der Waals surface area contributed by atoms with Crippen molar-refractivity contribution in [2.75, 3.05) is 6.54 Å². The van der Waals surface area contributed by atoms with Crippen molar-refractivity contribution in [2.24, 2.45) is 5.92 Å². The second-order valence-corrected chi connectivity index (χ2v) is 6.39. The molecule has 0 radical (unpaired) electrons. The van der Waals surface area contributed by atoms with E-state index in [-0.39, 0.29) is 24.1 Å². The molecule has 1 saturated heterocycles. The highest BCUT2D eigenvalue weighted by Gasteiger charge is 2.39. The minimum Gasteiger partial charge on any atom is -0.426 e. The van der Waals surface area contributed by atoms with E-state index in [9.17, 15) is 14.4 Å². The van der Waals surface area contributed by atoms with Crippen LogP contribution in [0.3, 0.4) is 0 Å². The van der Waals surface area contributed by atoms with Gasteiger partial charge in [0, 0.05) is 24.6 Å². The summed E-state index contributed by atoms with van der Waals surface area (Å²) in [4.78, 5) is 37.5. The molecule has 3 rings (SSSR count). The summed E-state index contributed by atoms with van der Waals surface area (Å²) < 4.78 is 5.36. The van der Waals surface area contributed by atoms with Gasteiger partial charge in [0.25, 0.3) is 0 Å². The van der Waals surface area contributed by atoms with Gasteiger partial charge >= 0.3 is 5.97 Å². The normalized spacial score (nSPS) is 21.7. The van der Waals surface area contributed by atoms with Gasteiger partial charge in [-0.25, -0.2) is 0 Å². The molecule has 23 heavy (non-hydrogen) atoms. The van der Waals surface area contributed by atoms with Crippen LogP contribution >= 0.6 is 0 Å². The van der Waals surface area contributed by atoms with Crippen molar-refractivity contribution in [2.45, 2.75) is 45.1 Å². The molecule has 1 saturated carbocycles. The number of benzene rings is 1. The predicted molar refractivity (Wildman–Crippen MR) is 84.2 cm³/mol. The first-order chi connectivity index (χ1) is 11.0. The van der Waals surface area contributed by atoms with Crippen LogP contribution in [0.5, 0.6) is 5.75 Å². The molecule has 2 aliphatic rings. The SMILES string of the molecule is CC(=O)c1ccc(OC(=O)C2CC(=O)N(C3CCCC3)C2)cc1. The molecule has 1 heterocycles. The molecule has 5 nitrogen and oxygen atoms in total. The maximum absolute atomic E-state index is 12.3. The van der Waals surface area contributed by atoms with Crippen molar-refractivity contribution >= 4 is 17.7 Å². The highest BCUT2D eigenvalue weighted by atomic mass is 16.5. The van der Waals surface area contributed by atoms with Gasteiger partial charge < -0.3 is 9.64 Å².